The smallest absolute Gasteiger partial charge is 0.341 e. The first-order chi connectivity index (χ1) is 20.1. The third-order valence-corrected chi connectivity index (χ3v) is 7.47. The average Bonchev–Trinajstić information content (AvgIpc) is 3.74. The Balaban J connectivity index is 1.32. The highest BCUT2D eigenvalue weighted by Crippen LogP contribution is 2.38. The predicted octanol–water partition coefficient (Wildman–Crippen LogP) is 3.54. The van der Waals surface area contributed by atoms with Gasteiger partial charge in [0.15, 0.2) is 0 Å². The van der Waals surface area contributed by atoms with Crippen LogP contribution in [0.15, 0.2) is 39.8 Å². The largest absolute Gasteiger partial charge is 0.477 e. The van der Waals surface area contributed by atoms with Gasteiger partial charge in [0, 0.05) is 44.5 Å². The second-order valence-electron chi connectivity index (χ2n) is 10.1. The third kappa shape index (κ3) is 4.42. The first-order valence-corrected chi connectivity index (χ1v) is 13.0. The van der Waals surface area contributed by atoms with E-state index in [0.717, 1.165) is 31.0 Å². The molecule has 4 heterocycles. The fourth-order valence-electron chi connectivity index (χ4n) is 5.20. The highest BCUT2D eigenvalue weighted by atomic mass is 19.1. The van der Waals surface area contributed by atoms with Crippen molar-refractivity contribution in [2.24, 2.45) is 0 Å². The number of hydrogen-bond acceptors (Lipinski definition) is 9. The quantitative estimate of drug-likeness (QED) is 0.263. The summed E-state index contributed by atoms with van der Waals surface area (Å²) in [5, 5.41) is 25.1. The molecule has 1 aliphatic carbocycles. The molecule has 0 spiro atoms. The normalized spacial score (nSPS) is 15.3. The number of hydrogen-bond donors (Lipinski definition) is 1. The molecule has 6 rings (SSSR count). The number of carboxylic acids is 1. The van der Waals surface area contributed by atoms with Gasteiger partial charge >= 0.3 is 11.7 Å². The number of aryl methyl sites for hydroxylation is 1. The number of carboxylic acid groups (broad SMARTS) is 1. The molecule has 13 nitrogen and oxygen atoms in total. The van der Waals surface area contributed by atoms with Crippen molar-refractivity contribution in [1.29, 1.82) is 0 Å². The third-order valence-electron chi connectivity index (χ3n) is 7.47. The summed E-state index contributed by atoms with van der Waals surface area (Å²) in [4.78, 5) is 56.9. The second kappa shape index (κ2) is 10.0. The van der Waals surface area contributed by atoms with Gasteiger partial charge in [0.1, 0.15) is 39.9 Å². The minimum atomic E-state index is -1.44. The maximum atomic E-state index is 14.5. The first-order valence-electron chi connectivity index (χ1n) is 13.0. The van der Waals surface area contributed by atoms with E-state index < -0.39 is 50.7 Å². The molecular formula is C27H22F2N6O7. The van der Waals surface area contributed by atoms with E-state index in [4.69, 9.17) is 4.52 Å². The predicted molar refractivity (Wildman–Crippen MR) is 143 cm³/mol. The molecule has 0 bridgehead atoms. The van der Waals surface area contributed by atoms with E-state index in [1.54, 1.807) is 9.47 Å². The number of nitrogens with zero attached hydrogens (tertiary/aromatic N) is 6. The number of halogens is 2. The Kier molecular flexibility index (Phi) is 6.43. The van der Waals surface area contributed by atoms with Crippen LogP contribution >= 0.6 is 0 Å². The van der Waals surface area contributed by atoms with Crippen molar-refractivity contribution in [2.45, 2.75) is 25.8 Å². The number of carbonyl (C=O) groups is 2. The van der Waals surface area contributed by atoms with Crippen LogP contribution < -0.4 is 10.3 Å². The number of aromatic nitrogens is 3. The molecule has 0 radical (unpaired) electrons. The molecule has 42 heavy (non-hydrogen) atoms. The van der Waals surface area contributed by atoms with Crippen LogP contribution in [0.1, 0.15) is 45.4 Å². The van der Waals surface area contributed by atoms with Gasteiger partial charge in [-0.2, -0.15) is 0 Å². The van der Waals surface area contributed by atoms with Gasteiger partial charge in [-0.15, -0.1) is 0 Å². The number of benzene rings is 1. The molecule has 2 aliphatic rings. The zero-order valence-electron chi connectivity index (χ0n) is 22.0. The Morgan fingerprint density at radius 1 is 1.14 bits per heavy atom. The number of carbonyl (C=O) groups excluding carboxylic acids is 1. The zero-order chi connectivity index (χ0) is 29.9. The molecule has 1 N–H and O–H groups in total. The van der Waals surface area contributed by atoms with Crippen LogP contribution in [0.4, 0.5) is 20.3 Å². The maximum Gasteiger partial charge on any atom is 0.341 e. The Bertz CT molecular complexity index is 1840. The molecular weight excluding hydrogens is 558 g/mol. The Morgan fingerprint density at radius 2 is 1.81 bits per heavy atom. The van der Waals surface area contributed by atoms with Gasteiger partial charge in [-0.1, -0.05) is 11.2 Å². The van der Waals surface area contributed by atoms with Crippen LogP contribution in [-0.2, 0) is 0 Å². The topological polar surface area (TPSA) is 165 Å². The molecule has 1 saturated carbocycles. The maximum absolute atomic E-state index is 14.5. The van der Waals surface area contributed by atoms with E-state index in [2.05, 4.69) is 10.1 Å². The number of amides is 1. The monoisotopic (exact) mass is 580 g/mol. The lowest BCUT2D eigenvalue weighted by Gasteiger charge is -2.35. The number of pyridine rings is 2. The van der Waals surface area contributed by atoms with E-state index in [-0.39, 0.29) is 66.1 Å². The molecule has 1 saturated heterocycles. The van der Waals surface area contributed by atoms with E-state index in [1.165, 1.54) is 24.1 Å². The number of rotatable bonds is 6. The molecule has 15 heteroatoms. The summed E-state index contributed by atoms with van der Waals surface area (Å²) in [6.07, 6.45) is 2.71. The summed E-state index contributed by atoms with van der Waals surface area (Å²) in [6, 6.07) is 4.26. The highest BCUT2D eigenvalue weighted by Gasteiger charge is 2.34. The summed E-state index contributed by atoms with van der Waals surface area (Å²) >= 11 is 0. The minimum absolute atomic E-state index is 0.0215. The van der Waals surface area contributed by atoms with Crippen molar-refractivity contribution in [3.63, 3.8) is 0 Å². The first kappa shape index (κ1) is 27.0. The average molecular weight is 581 g/mol. The van der Waals surface area contributed by atoms with E-state index in [0.29, 0.717) is 0 Å². The highest BCUT2D eigenvalue weighted by molar-refractivity contribution is 6.01. The lowest BCUT2D eigenvalue weighted by molar-refractivity contribution is -0.384. The summed E-state index contributed by atoms with van der Waals surface area (Å²) in [5.74, 6) is -3.77. The van der Waals surface area contributed by atoms with Gasteiger partial charge in [-0.3, -0.25) is 19.7 Å². The van der Waals surface area contributed by atoms with Crippen molar-refractivity contribution in [3.8, 4) is 11.3 Å². The molecule has 3 aromatic heterocycles. The van der Waals surface area contributed by atoms with Gasteiger partial charge in [-0.05, 0) is 31.9 Å². The Labute approximate surface area is 234 Å². The number of piperazine rings is 1. The van der Waals surface area contributed by atoms with Crippen LogP contribution in [0.25, 0.3) is 22.3 Å². The van der Waals surface area contributed by atoms with Crippen molar-refractivity contribution >= 4 is 34.4 Å². The number of aromatic carboxylic acids is 1. The van der Waals surface area contributed by atoms with E-state index in [9.17, 15) is 38.4 Å². The van der Waals surface area contributed by atoms with Gasteiger partial charge < -0.3 is 24.0 Å². The Hall–Kier alpha value is -5.21. The standard InChI is InChI=1S/C27H22F2N6O7/c1-13-20(22(31-42-13)21-17(28)3-2-4-18(21)29)26(37)33-9-7-32(8-10-33)25-19(35(40)41)11-15-23(36)16(27(38)39)12-34(14-5-6-14)24(15)30-25/h2-4,11-12,14H,5-10H2,1H3,(H,38,39). The van der Waals surface area contributed by atoms with Crippen LogP contribution in [0.3, 0.4) is 0 Å². The second-order valence-corrected chi connectivity index (χ2v) is 10.1. The van der Waals surface area contributed by atoms with Crippen LogP contribution in [0.2, 0.25) is 0 Å². The number of nitro groups is 1. The molecule has 1 aromatic carbocycles. The summed E-state index contributed by atoms with van der Waals surface area (Å²) in [7, 11) is 0. The van der Waals surface area contributed by atoms with Gasteiger partial charge in [0.25, 0.3) is 5.91 Å². The summed E-state index contributed by atoms with van der Waals surface area (Å²) in [5.41, 5.74) is -2.53. The van der Waals surface area contributed by atoms with Gasteiger partial charge in [-0.25, -0.2) is 18.6 Å². The lowest BCUT2D eigenvalue weighted by Crippen LogP contribution is -2.49. The number of fused-ring (bicyclic) bond motifs is 1. The van der Waals surface area contributed by atoms with Crippen LogP contribution in [0, 0.1) is 28.7 Å². The fourth-order valence-corrected chi connectivity index (χ4v) is 5.20. The number of anilines is 1. The molecule has 0 unspecified atom stereocenters. The molecule has 1 amide bonds. The van der Waals surface area contributed by atoms with Crippen molar-refractivity contribution in [2.75, 3.05) is 31.1 Å². The fraction of sp³-hybridized carbons (Fsp3) is 0.296. The van der Waals surface area contributed by atoms with Gasteiger partial charge in [0.2, 0.25) is 11.2 Å². The lowest BCUT2D eigenvalue weighted by atomic mass is 10.0. The molecule has 1 aliphatic heterocycles. The van der Waals surface area contributed by atoms with Crippen LogP contribution in [-0.4, -0.2) is 67.7 Å². The van der Waals surface area contributed by atoms with Gasteiger partial charge in [0.05, 0.1) is 15.9 Å². The molecule has 216 valence electrons. The zero-order valence-corrected chi connectivity index (χ0v) is 22.0. The van der Waals surface area contributed by atoms with Crippen molar-refractivity contribution < 1.29 is 32.9 Å². The van der Waals surface area contributed by atoms with Crippen LogP contribution in [0.5, 0.6) is 0 Å². The molecule has 2 fully saturated rings. The minimum Gasteiger partial charge on any atom is -0.477 e. The summed E-state index contributed by atoms with van der Waals surface area (Å²) < 4.78 is 35.7. The molecule has 4 aromatic rings. The molecule has 0 atom stereocenters. The Morgan fingerprint density at radius 3 is 2.40 bits per heavy atom. The SMILES string of the molecule is Cc1onc(-c2c(F)cccc2F)c1C(=O)N1CCN(c2nc3c(cc2[N+](=O)[O-])c(=O)c(C(=O)O)cn3C2CC2)CC1. The summed E-state index contributed by atoms with van der Waals surface area (Å²) in [6.45, 7) is 1.83. The van der Waals surface area contributed by atoms with Crippen molar-refractivity contribution in [3.05, 3.63) is 79.3 Å². The van der Waals surface area contributed by atoms with E-state index >= 15 is 0 Å². The van der Waals surface area contributed by atoms with Crippen molar-refractivity contribution in [1.82, 2.24) is 19.6 Å². The van der Waals surface area contributed by atoms with E-state index in [1.807, 2.05) is 0 Å².